The molecule has 1 heterocycles. The number of rotatable bonds is 26. The largest absolute Gasteiger partial charge is 0.464 e. The van der Waals surface area contributed by atoms with Gasteiger partial charge in [0.05, 0.1) is 12.9 Å². The summed E-state index contributed by atoms with van der Waals surface area (Å²) in [5, 5.41) is 0. The highest BCUT2D eigenvalue weighted by atomic mass is 16.5. The minimum absolute atomic E-state index is 0.190. The monoisotopic (exact) mass is 561 g/mol. The molecule has 0 radical (unpaired) electrons. The number of nitrogens with one attached hydrogen (secondary N) is 1. The molecule has 0 bridgehead atoms. The Morgan fingerprint density at radius 1 is 0.700 bits per heavy atom. The molecular weight excluding hydrogens is 502 g/mol. The Bertz CT molecular complexity index is 732. The fraction of sp³-hybridized carbons (Fsp3) is 0.818. The van der Waals surface area contributed by atoms with Crippen LogP contribution in [0.1, 0.15) is 161 Å². The van der Waals surface area contributed by atoms with Crippen molar-refractivity contribution in [3.8, 4) is 0 Å². The van der Waals surface area contributed by atoms with Crippen LogP contribution in [-0.2, 0) is 25.5 Å². The van der Waals surface area contributed by atoms with Crippen LogP contribution in [0.25, 0.3) is 0 Å². The maximum atomic E-state index is 13.5. The van der Waals surface area contributed by atoms with Gasteiger partial charge in [-0.2, -0.15) is 0 Å². The minimum atomic E-state index is -0.968. The van der Waals surface area contributed by atoms with Crippen molar-refractivity contribution in [2.45, 2.75) is 168 Å². The van der Waals surface area contributed by atoms with E-state index in [1.54, 1.807) is 12.5 Å². The Morgan fingerprint density at radius 3 is 1.55 bits per heavy atom. The Balaban J connectivity index is 2.72. The van der Waals surface area contributed by atoms with Gasteiger partial charge in [-0.05, 0) is 19.3 Å². The van der Waals surface area contributed by atoms with Crippen molar-refractivity contribution in [2.75, 3.05) is 6.61 Å². The van der Waals surface area contributed by atoms with Crippen molar-refractivity contribution in [3.63, 3.8) is 0 Å². The van der Waals surface area contributed by atoms with Crippen LogP contribution in [0, 0.1) is 0 Å². The number of amides is 2. The van der Waals surface area contributed by atoms with E-state index in [1.165, 1.54) is 81.9 Å². The van der Waals surface area contributed by atoms with Crippen molar-refractivity contribution in [1.82, 2.24) is 14.9 Å². The van der Waals surface area contributed by atoms with Crippen LogP contribution in [-0.4, -0.2) is 45.3 Å². The number of imide groups is 1. The van der Waals surface area contributed by atoms with Crippen LogP contribution in [0.2, 0.25) is 0 Å². The highest BCUT2D eigenvalue weighted by Gasteiger charge is 2.35. The fourth-order valence-corrected chi connectivity index (χ4v) is 5.08. The number of H-pyrrole nitrogens is 1. The van der Waals surface area contributed by atoms with Gasteiger partial charge in [0.25, 0.3) is 0 Å². The second kappa shape index (κ2) is 24.6. The first-order valence-corrected chi connectivity index (χ1v) is 16.5. The summed E-state index contributed by atoms with van der Waals surface area (Å²) in [6.45, 7) is 6.65. The number of aromatic nitrogens is 2. The van der Waals surface area contributed by atoms with E-state index in [-0.39, 0.29) is 37.7 Å². The average molecular weight is 562 g/mol. The summed E-state index contributed by atoms with van der Waals surface area (Å²) in [7, 11) is 0. The number of hydrogen-bond acceptors (Lipinski definition) is 5. The second-order valence-electron chi connectivity index (χ2n) is 11.3. The summed E-state index contributed by atoms with van der Waals surface area (Å²) in [4.78, 5) is 48.4. The van der Waals surface area contributed by atoms with Gasteiger partial charge in [-0.1, -0.05) is 124 Å². The van der Waals surface area contributed by atoms with Crippen LogP contribution in [0.15, 0.2) is 12.5 Å². The summed E-state index contributed by atoms with van der Waals surface area (Å²) >= 11 is 0. The molecular formula is C33H59N3O4. The molecule has 1 aromatic rings. The average Bonchev–Trinajstić information content (AvgIpc) is 3.47. The number of unbranched alkanes of at least 4 members (excludes halogenated alkanes) is 16. The Morgan fingerprint density at radius 2 is 1.15 bits per heavy atom. The molecule has 0 saturated heterocycles. The van der Waals surface area contributed by atoms with Crippen molar-refractivity contribution < 1.29 is 19.1 Å². The van der Waals surface area contributed by atoms with Gasteiger partial charge < -0.3 is 9.72 Å². The normalized spacial score (nSPS) is 11.9. The molecule has 0 aliphatic rings. The third-order valence-corrected chi connectivity index (χ3v) is 7.53. The Kier molecular flexibility index (Phi) is 22.0. The zero-order valence-corrected chi connectivity index (χ0v) is 26.0. The van der Waals surface area contributed by atoms with Crippen molar-refractivity contribution >= 4 is 17.8 Å². The number of imidazole rings is 1. The lowest BCUT2D eigenvalue weighted by atomic mass is 10.0. The molecule has 7 nitrogen and oxygen atoms in total. The number of nitrogens with zero attached hydrogens (tertiary/aromatic N) is 2. The molecule has 1 rings (SSSR count). The van der Waals surface area contributed by atoms with E-state index in [1.807, 2.05) is 6.92 Å². The molecule has 1 N–H and O–H groups in total. The lowest BCUT2D eigenvalue weighted by Gasteiger charge is -2.29. The molecule has 0 spiro atoms. The van der Waals surface area contributed by atoms with E-state index < -0.39 is 12.0 Å². The van der Waals surface area contributed by atoms with Crippen molar-refractivity contribution in [3.05, 3.63) is 18.2 Å². The molecule has 7 heteroatoms. The molecule has 1 aromatic heterocycles. The summed E-state index contributed by atoms with van der Waals surface area (Å²) in [6.07, 6.45) is 25.3. The molecule has 0 unspecified atom stereocenters. The van der Waals surface area contributed by atoms with E-state index in [0.29, 0.717) is 12.1 Å². The second-order valence-corrected chi connectivity index (χ2v) is 11.3. The predicted molar refractivity (Wildman–Crippen MR) is 163 cm³/mol. The van der Waals surface area contributed by atoms with Crippen LogP contribution < -0.4 is 0 Å². The number of ether oxygens (including phenoxy) is 1. The zero-order chi connectivity index (χ0) is 29.3. The van der Waals surface area contributed by atoms with Gasteiger partial charge in [-0.25, -0.2) is 9.78 Å². The predicted octanol–water partition coefficient (Wildman–Crippen LogP) is 8.47. The van der Waals surface area contributed by atoms with Crippen molar-refractivity contribution in [2.24, 2.45) is 0 Å². The molecule has 230 valence electrons. The summed E-state index contributed by atoms with van der Waals surface area (Å²) in [6, 6.07) is -0.968. The standard InChI is InChI=1S/C33H59N3O4/c1-4-7-9-11-13-15-17-19-21-23-31(37)36(32(38)24-22-20-18-16-14-12-10-8-5-2)30(33(39)40-25-6-3)26-29-27-34-28-35-29/h27-28,30H,4-26H2,1-3H3,(H,34,35)/t30-/m0/s1. The third-order valence-electron chi connectivity index (χ3n) is 7.53. The van der Waals surface area contributed by atoms with Crippen molar-refractivity contribution in [1.29, 1.82) is 0 Å². The molecule has 0 fully saturated rings. The van der Waals surface area contributed by atoms with E-state index >= 15 is 0 Å². The number of esters is 1. The van der Waals surface area contributed by atoms with Gasteiger partial charge in [0.2, 0.25) is 11.8 Å². The lowest BCUT2D eigenvalue weighted by Crippen LogP contribution is -2.50. The first-order chi connectivity index (χ1) is 19.5. The number of aromatic amines is 1. The zero-order valence-electron chi connectivity index (χ0n) is 26.0. The highest BCUT2D eigenvalue weighted by Crippen LogP contribution is 2.18. The van der Waals surface area contributed by atoms with Crippen LogP contribution in [0.3, 0.4) is 0 Å². The number of carbonyl (C=O) groups is 3. The first kappa shape index (κ1) is 35.8. The number of hydrogen-bond donors (Lipinski definition) is 1. The third kappa shape index (κ3) is 16.8. The van der Waals surface area contributed by atoms with E-state index in [9.17, 15) is 14.4 Å². The number of carbonyl (C=O) groups excluding carboxylic acids is 3. The maximum Gasteiger partial charge on any atom is 0.329 e. The van der Waals surface area contributed by atoms with Gasteiger partial charge in [0.15, 0.2) is 0 Å². The van der Waals surface area contributed by atoms with Crippen LogP contribution >= 0.6 is 0 Å². The molecule has 0 aliphatic heterocycles. The van der Waals surface area contributed by atoms with E-state index in [2.05, 4.69) is 23.8 Å². The van der Waals surface area contributed by atoms with Crippen LogP contribution in [0.5, 0.6) is 0 Å². The SMILES string of the molecule is CCCCCCCCCCCC(=O)N(C(=O)CCCCCCCCCCC)[C@@H](Cc1cnc[nH]1)C(=O)OCCC. The molecule has 0 saturated carbocycles. The smallest absolute Gasteiger partial charge is 0.329 e. The summed E-state index contributed by atoms with van der Waals surface area (Å²) in [5.74, 6) is -1.04. The Labute approximate surface area is 244 Å². The summed E-state index contributed by atoms with van der Waals surface area (Å²) in [5.41, 5.74) is 0.704. The van der Waals surface area contributed by atoms with Gasteiger partial charge >= 0.3 is 5.97 Å². The molecule has 0 aromatic carbocycles. The quantitative estimate of drug-likeness (QED) is 0.0904. The Hall–Kier alpha value is -2.18. The lowest BCUT2D eigenvalue weighted by molar-refractivity contribution is -0.161. The molecule has 0 aliphatic carbocycles. The van der Waals surface area contributed by atoms with Crippen LogP contribution in [0.4, 0.5) is 0 Å². The minimum Gasteiger partial charge on any atom is -0.464 e. The molecule has 2 amide bonds. The highest BCUT2D eigenvalue weighted by molar-refractivity contribution is 5.99. The fourth-order valence-electron chi connectivity index (χ4n) is 5.08. The molecule has 1 atom stereocenters. The van der Waals surface area contributed by atoms with Gasteiger partial charge in [0, 0.05) is 31.2 Å². The topological polar surface area (TPSA) is 92.4 Å². The molecule has 40 heavy (non-hydrogen) atoms. The van der Waals surface area contributed by atoms with Gasteiger partial charge in [-0.15, -0.1) is 0 Å². The van der Waals surface area contributed by atoms with E-state index in [0.717, 1.165) is 38.5 Å². The van der Waals surface area contributed by atoms with Gasteiger partial charge in [-0.3, -0.25) is 14.5 Å². The van der Waals surface area contributed by atoms with Gasteiger partial charge in [0.1, 0.15) is 6.04 Å². The first-order valence-electron chi connectivity index (χ1n) is 16.5. The maximum absolute atomic E-state index is 13.5. The summed E-state index contributed by atoms with van der Waals surface area (Å²) < 4.78 is 5.46. The van der Waals surface area contributed by atoms with E-state index in [4.69, 9.17) is 4.74 Å².